The number of aromatic nitrogens is 3. The van der Waals surface area contributed by atoms with E-state index >= 15 is 0 Å². The molecule has 0 saturated carbocycles. The van der Waals surface area contributed by atoms with E-state index in [-0.39, 0.29) is 0 Å². The molecule has 0 radical (unpaired) electrons. The number of hydrogen-bond donors (Lipinski definition) is 1. The molecule has 1 unspecified atom stereocenters. The molecule has 0 bridgehead atoms. The van der Waals surface area contributed by atoms with Gasteiger partial charge in [0.2, 0.25) is 0 Å². The van der Waals surface area contributed by atoms with Crippen molar-refractivity contribution >= 4 is 0 Å². The molecule has 5 heteroatoms. The van der Waals surface area contributed by atoms with Crippen LogP contribution >= 0.6 is 0 Å². The van der Waals surface area contributed by atoms with Crippen LogP contribution in [0.15, 0.2) is 0 Å². The van der Waals surface area contributed by atoms with Crippen LogP contribution in [0, 0.1) is 0 Å². The van der Waals surface area contributed by atoms with Gasteiger partial charge in [-0.15, -0.1) is 5.10 Å². The molecule has 5 nitrogen and oxygen atoms in total. The topological polar surface area (TPSA) is 52.0 Å². The van der Waals surface area contributed by atoms with E-state index < -0.39 is 0 Å². The summed E-state index contributed by atoms with van der Waals surface area (Å²) in [6.07, 6.45) is 3.28. The van der Waals surface area contributed by atoms with Gasteiger partial charge in [0.25, 0.3) is 0 Å². The zero-order valence-electron chi connectivity index (χ0n) is 11.6. The van der Waals surface area contributed by atoms with E-state index in [0.29, 0.717) is 12.0 Å². The van der Waals surface area contributed by atoms with Crippen LogP contribution in [0.25, 0.3) is 0 Å². The van der Waals surface area contributed by atoms with Crippen molar-refractivity contribution in [2.24, 2.45) is 0 Å². The number of hydrogen-bond acceptors (Lipinski definition) is 4. The molecular weight excluding hydrogens is 228 g/mol. The van der Waals surface area contributed by atoms with Crippen molar-refractivity contribution in [2.45, 2.75) is 51.6 Å². The Kier molecular flexibility index (Phi) is 4.72. The van der Waals surface area contributed by atoms with Crippen LogP contribution in [0.1, 0.15) is 56.5 Å². The second kappa shape index (κ2) is 6.29. The largest absolute Gasteiger partial charge is 0.381 e. The third-order valence-corrected chi connectivity index (χ3v) is 3.75. The maximum absolute atomic E-state index is 5.53. The van der Waals surface area contributed by atoms with Crippen LogP contribution < -0.4 is 5.32 Å². The molecule has 2 rings (SSSR count). The highest BCUT2D eigenvalue weighted by molar-refractivity contribution is 5.17. The molecule has 0 aromatic carbocycles. The van der Waals surface area contributed by atoms with E-state index in [4.69, 9.17) is 4.74 Å². The Balaban J connectivity index is 2.32. The number of ether oxygens (including phenoxy) is 1. The average molecular weight is 252 g/mol. The lowest BCUT2D eigenvalue weighted by molar-refractivity contribution is 0.192. The molecule has 102 valence electrons. The van der Waals surface area contributed by atoms with Crippen molar-refractivity contribution in [3.05, 3.63) is 11.4 Å². The first-order chi connectivity index (χ1) is 8.81. The van der Waals surface area contributed by atoms with Gasteiger partial charge in [0, 0.05) is 19.1 Å². The summed E-state index contributed by atoms with van der Waals surface area (Å²) in [6, 6.07) is 0.457. The van der Waals surface area contributed by atoms with Gasteiger partial charge in [-0.2, -0.15) is 0 Å². The molecule has 1 N–H and O–H groups in total. The van der Waals surface area contributed by atoms with E-state index in [1.165, 1.54) is 5.69 Å². The first-order valence-electron chi connectivity index (χ1n) is 6.98. The third-order valence-electron chi connectivity index (χ3n) is 3.75. The van der Waals surface area contributed by atoms with Gasteiger partial charge in [-0.1, -0.05) is 19.1 Å². The van der Waals surface area contributed by atoms with Crippen LogP contribution in [0.3, 0.4) is 0 Å². The highest BCUT2D eigenvalue weighted by atomic mass is 16.5. The van der Waals surface area contributed by atoms with E-state index in [1.807, 2.05) is 7.05 Å². The minimum atomic E-state index is 0.457. The van der Waals surface area contributed by atoms with Crippen LogP contribution in [0.4, 0.5) is 0 Å². The summed E-state index contributed by atoms with van der Waals surface area (Å²) in [5, 5.41) is 11.9. The summed E-state index contributed by atoms with van der Waals surface area (Å²) in [7, 11) is 1.95. The maximum atomic E-state index is 5.53. The van der Waals surface area contributed by atoms with Gasteiger partial charge in [-0.25, -0.2) is 4.68 Å². The lowest BCUT2D eigenvalue weighted by Gasteiger charge is -2.19. The van der Waals surface area contributed by atoms with E-state index in [1.54, 1.807) is 0 Å². The molecule has 1 aliphatic heterocycles. The molecule has 2 heterocycles. The molecular formula is C13H24N4O. The minimum Gasteiger partial charge on any atom is -0.381 e. The Labute approximate surface area is 109 Å². The molecule has 1 saturated heterocycles. The molecule has 0 aliphatic carbocycles. The smallest absolute Gasteiger partial charge is 0.100 e. The molecule has 1 atom stereocenters. The van der Waals surface area contributed by atoms with Gasteiger partial charge in [0.05, 0.1) is 18.3 Å². The van der Waals surface area contributed by atoms with Crippen molar-refractivity contribution in [1.82, 2.24) is 20.3 Å². The predicted molar refractivity (Wildman–Crippen MR) is 70.6 cm³/mol. The lowest BCUT2D eigenvalue weighted by Crippen LogP contribution is -2.17. The quantitative estimate of drug-likeness (QED) is 0.839. The Bertz CT molecular complexity index is 367. The third kappa shape index (κ3) is 2.57. The van der Waals surface area contributed by atoms with Crippen LogP contribution in [-0.4, -0.2) is 35.3 Å². The van der Waals surface area contributed by atoms with Crippen molar-refractivity contribution in [2.75, 3.05) is 20.3 Å². The lowest BCUT2D eigenvalue weighted by atomic mass is 10.0. The van der Waals surface area contributed by atoms with Gasteiger partial charge in [-0.05, 0) is 26.3 Å². The second-order valence-corrected chi connectivity index (χ2v) is 4.93. The first-order valence-corrected chi connectivity index (χ1v) is 6.98. The number of rotatable bonds is 6. The van der Waals surface area contributed by atoms with Crippen molar-refractivity contribution in [3.63, 3.8) is 0 Å². The normalized spacial score (nSPS) is 19.9. The highest BCUT2D eigenvalue weighted by Gasteiger charge is 2.27. The fourth-order valence-corrected chi connectivity index (χ4v) is 2.70. The molecule has 0 amide bonds. The maximum Gasteiger partial charge on any atom is 0.100 e. The summed E-state index contributed by atoms with van der Waals surface area (Å²) in [6.45, 7) is 6.87. The van der Waals surface area contributed by atoms with Gasteiger partial charge in [0.15, 0.2) is 0 Å². The second-order valence-electron chi connectivity index (χ2n) is 4.93. The minimum absolute atomic E-state index is 0.457. The van der Waals surface area contributed by atoms with Gasteiger partial charge in [-0.3, -0.25) is 0 Å². The Hall–Kier alpha value is -0.940. The van der Waals surface area contributed by atoms with Gasteiger partial charge < -0.3 is 10.1 Å². The zero-order valence-corrected chi connectivity index (χ0v) is 11.6. The van der Waals surface area contributed by atoms with Crippen molar-refractivity contribution in [3.8, 4) is 0 Å². The Morgan fingerprint density at radius 1 is 1.44 bits per heavy atom. The van der Waals surface area contributed by atoms with Crippen molar-refractivity contribution in [1.29, 1.82) is 0 Å². The summed E-state index contributed by atoms with van der Waals surface area (Å²) in [4.78, 5) is 0. The van der Waals surface area contributed by atoms with Crippen LogP contribution in [0.2, 0.25) is 0 Å². The average Bonchev–Trinajstić information content (AvgIpc) is 3.00. The molecule has 18 heavy (non-hydrogen) atoms. The van der Waals surface area contributed by atoms with Crippen LogP contribution in [0.5, 0.6) is 0 Å². The van der Waals surface area contributed by atoms with E-state index in [2.05, 4.69) is 34.2 Å². The van der Waals surface area contributed by atoms with E-state index in [9.17, 15) is 0 Å². The highest BCUT2D eigenvalue weighted by Crippen LogP contribution is 2.30. The monoisotopic (exact) mass is 252 g/mol. The standard InChI is InChI=1S/C13H24N4O/c1-4-11(5-2)17-13(10-6-7-18-9-10)12(8-14-3)15-16-17/h10-11,14H,4-9H2,1-3H3. The zero-order chi connectivity index (χ0) is 13.0. The Morgan fingerprint density at radius 2 is 2.22 bits per heavy atom. The summed E-state index contributed by atoms with van der Waals surface area (Å²) in [5.74, 6) is 0.462. The van der Waals surface area contributed by atoms with Gasteiger partial charge >= 0.3 is 0 Å². The molecule has 0 spiro atoms. The van der Waals surface area contributed by atoms with Crippen molar-refractivity contribution < 1.29 is 4.74 Å². The number of nitrogens with zero attached hydrogens (tertiary/aromatic N) is 3. The Morgan fingerprint density at radius 3 is 2.78 bits per heavy atom. The summed E-state index contributed by atoms with van der Waals surface area (Å²) >= 11 is 0. The molecule has 1 fully saturated rings. The predicted octanol–water partition coefficient (Wildman–Crippen LogP) is 1.86. The fourth-order valence-electron chi connectivity index (χ4n) is 2.70. The summed E-state index contributed by atoms with van der Waals surface area (Å²) < 4.78 is 7.67. The molecule has 1 aliphatic rings. The molecule has 1 aromatic heterocycles. The van der Waals surface area contributed by atoms with E-state index in [0.717, 1.165) is 44.7 Å². The van der Waals surface area contributed by atoms with Crippen LogP contribution in [-0.2, 0) is 11.3 Å². The molecule has 1 aromatic rings. The fraction of sp³-hybridized carbons (Fsp3) is 0.846. The SMILES string of the molecule is CCC(CC)n1nnc(CNC)c1C1CCOC1. The number of nitrogens with one attached hydrogen (secondary N) is 1. The first kappa shape index (κ1) is 13.5. The summed E-state index contributed by atoms with van der Waals surface area (Å²) in [5.41, 5.74) is 2.37. The van der Waals surface area contributed by atoms with Gasteiger partial charge in [0.1, 0.15) is 5.69 Å².